The lowest BCUT2D eigenvalue weighted by Crippen LogP contribution is -2.28. The van der Waals surface area contributed by atoms with E-state index in [1.807, 2.05) is 0 Å². The number of likely N-dealkylation sites (N-methyl/N-ethyl adjacent to an activating group) is 1. The number of nitrogen functional groups attached to an aromatic ring is 1. The van der Waals surface area contributed by atoms with E-state index in [1.54, 1.807) is 6.92 Å². The summed E-state index contributed by atoms with van der Waals surface area (Å²) in [7, 11) is -1.16. The highest BCUT2D eigenvalue weighted by Crippen LogP contribution is 2.29. The fraction of sp³-hybridized carbons (Fsp3) is 0.333. The van der Waals surface area contributed by atoms with Gasteiger partial charge in [-0.15, -0.1) is 0 Å². The maximum atomic E-state index is 13.7. The summed E-state index contributed by atoms with van der Waals surface area (Å²) in [6, 6.07) is 2.06. The van der Waals surface area contributed by atoms with Crippen molar-refractivity contribution in [2.75, 3.05) is 26.4 Å². The van der Waals surface area contributed by atoms with Crippen LogP contribution >= 0.6 is 0 Å². The Morgan fingerprint density at radius 3 is 2.53 bits per heavy atom. The Morgan fingerprint density at radius 2 is 2.11 bits per heavy atom. The molecular formula is C12H17FN2O3S. The molecule has 0 spiro atoms. The highest BCUT2D eigenvalue weighted by molar-refractivity contribution is 7.89. The number of anilines is 1. The van der Waals surface area contributed by atoms with E-state index in [4.69, 9.17) is 10.5 Å². The van der Waals surface area contributed by atoms with Gasteiger partial charge in [0.2, 0.25) is 10.0 Å². The van der Waals surface area contributed by atoms with E-state index in [0.717, 1.165) is 10.4 Å². The number of benzene rings is 1. The third-order valence-electron chi connectivity index (χ3n) is 2.45. The first-order valence-electron chi connectivity index (χ1n) is 5.44. The molecule has 106 valence electrons. The summed E-state index contributed by atoms with van der Waals surface area (Å²) in [5, 5.41) is 0. The molecule has 0 unspecified atom stereocenters. The molecule has 1 aromatic carbocycles. The van der Waals surface area contributed by atoms with Gasteiger partial charge in [-0.3, -0.25) is 0 Å². The second-order valence-corrected chi connectivity index (χ2v) is 6.29. The molecular weight excluding hydrogens is 271 g/mol. The fourth-order valence-corrected chi connectivity index (χ4v) is 2.88. The van der Waals surface area contributed by atoms with Crippen LogP contribution in [0.2, 0.25) is 0 Å². The van der Waals surface area contributed by atoms with Crippen molar-refractivity contribution in [3.63, 3.8) is 0 Å². The molecule has 0 aromatic heterocycles. The summed E-state index contributed by atoms with van der Waals surface area (Å²) in [6.45, 7) is 5.49. The summed E-state index contributed by atoms with van der Waals surface area (Å²) < 4.78 is 43.9. The molecule has 7 heteroatoms. The number of rotatable bonds is 5. The van der Waals surface area contributed by atoms with Crippen LogP contribution in [0.4, 0.5) is 10.1 Å². The Bertz CT molecular complexity index is 576. The van der Waals surface area contributed by atoms with Gasteiger partial charge in [0, 0.05) is 13.6 Å². The summed E-state index contributed by atoms with van der Waals surface area (Å²) in [4.78, 5) is -0.216. The number of sulfonamides is 1. The van der Waals surface area contributed by atoms with Gasteiger partial charge in [0.1, 0.15) is 0 Å². The van der Waals surface area contributed by atoms with E-state index in [9.17, 15) is 12.8 Å². The molecule has 0 aliphatic rings. The van der Waals surface area contributed by atoms with Crippen LogP contribution in [0.3, 0.4) is 0 Å². The van der Waals surface area contributed by atoms with E-state index in [2.05, 4.69) is 6.58 Å². The van der Waals surface area contributed by atoms with Gasteiger partial charge in [-0.1, -0.05) is 12.2 Å². The lowest BCUT2D eigenvalue weighted by Gasteiger charge is -2.18. The lowest BCUT2D eigenvalue weighted by molar-refractivity contribution is 0.387. The number of ether oxygens (including phenoxy) is 1. The van der Waals surface area contributed by atoms with Crippen LogP contribution in [0.5, 0.6) is 5.75 Å². The van der Waals surface area contributed by atoms with Crippen molar-refractivity contribution in [2.24, 2.45) is 0 Å². The lowest BCUT2D eigenvalue weighted by atomic mass is 10.3. The largest absolute Gasteiger partial charge is 0.492 e. The minimum atomic E-state index is -3.81. The van der Waals surface area contributed by atoms with Crippen LogP contribution in [0.25, 0.3) is 0 Å². The van der Waals surface area contributed by atoms with Gasteiger partial charge in [-0.25, -0.2) is 12.8 Å². The minimum absolute atomic E-state index is 0.0650. The first-order valence-corrected chi connectivity index (χ1v) is 6.88. The molecule has 5 nitrogen and oxygen atoms in total. The molecule has 0 saturated heterocycles. The summed E-state index contributed by atoms with van der Waals surface area (Å²) in [5.41, 5.74) is 6.17. The zero-order valence-corrected chi connectivity index (χ0v) is 11.9. The Labute approximate surface area is 112 Å². The number of nitrogens with two attached hydrogens (primary N) is 1. The topological polar surface area (TPSA) is 72.6 Å². The van der Waals surface area contributed by atoms with Gasteiger partial charge < -0.3 is 10.5 Å². The number of halogens is 1. The molecule has 0 aliphatic heterocycles. The van der Waals surface area contributed by atoms with Gasteiger partial charge >= 0.3 is 0 Å². The Morgan fingerprint density at radius 1 is 1.53 bits per heavy atom. The molecule has 1 aromatic rings. The van der Waals surface area contributed by atoms with Crippen molar-refractivity contribution >= 4 is 15.7 Å². The normalized spacial score (nSPS) is 11.6. The third kappa shape index (κ3) is 3.24. The van der Waals surface area contributed by atoms with Crippen molar-refractivity contribution < 1.29 is 17.5 Å². The second-order valence-electron chi connectivity index (χ2n) is 4.25. The number of hydrogen-bond acceptors (Lipinski definition) is 4. The van der Waals surface area contributed by atoms with Crippen LogP contribution in [0.15, 0.2) is 29.2 Å². The second kappa shape index (κ2) is 5.58. The van der Waals surface area contributed by atoms with Gasteiger partial charge in [0.25, 0.3) is 0 Å². The van der Waals surface area contributed by atoms with Crippen LogP contribution in [0.1, 0.15) is 6.92 Å². The predicted molar refractivity (Wildman–Crippen MR) is 72.0 cm³/mol. The first kappa shape index (κ1) is 15.5. The van der Waals surface area contributed by atoms with Crippen LogP contribution in [0, 0.1) is 5.82 Å². The van der Waals surface area contributed by atoms with Crippen LogP contribution in [-0.2, 0) is 10.0 Å². The molecule has 0 fully saturated rings. The number of hydrogen-bond donors (Lipinski definition) is 1. The summed E-state index contributed by atoms with van der Waals surface area (Å²) in [6.07, 6.45) is 0. The average Bonchev–Trinajstić information content (AvgIpc) is 2.27. The van der Waals surface area contributed by atoms with E-state index < -0.39 is 15.8 Å². The average molecular weight is 288 g/mol. The zero-order valence-electron chi connectivity index (χ0n) is 11.1. The Kier molecular flexibility index (Phi) is 4.54. The quantitative estimate of drug-likeness (QED) is 0.660. The van der Waals surface area contributed by atoms with Gasteiger partial charge in [0.15, 0.2) is 11.6 Å². The molecule has 19 heavy (non-hydrogen) atoms. The van der Waals surface area contributed by atoms with Gasteiger partial charge in [0.05, 0.1) is 17.7 Å². The molecule has 0 radical (unpaired) electrons. The Balaban J connectivity index is 3.26. The summed E-state index contributed by atoms with van der Waals surface area (Å²) >= 11 is 0. The fourth-order valence-electron chi connectivity index (χ4n) is 1.60. The van der Waals surface area contributed by atoms with Gasteiger partial charge in [-0.05, 0) is 19.1 Å². The van der Waals surface area contributed by atoms with Gasteiger partial charge in [-0.2, -0.15) is 4.31 Å². The van der Waals surface area contributed by atoms with Crippen molar-refractivity contribution in [1.29, 1.82) is 0 Å². The monoisotopic (exact) mass is 288 g/mol. The number of nitrogens with zero attached hydrogens (tertiary/aromatic N) is 1. The summed E-state index contributed by atoms with van der Waals surface area (Å²) in [5.74, 6) is -0.980. The zero-order chi connectivity index (χ0) is 14.8. The highest BCUT2D eigenvalue weighted by atomic mass is 32.2. The number of methoxy groups -OCH3 is 1. The first-order chi connectivity index (χ1) is 8.70. The maximum Gasteiger partial charge on any atom is 0.243 e. The third-order valence-corrected chi connectivity index (χ3v) is 4.23. The van der Waals surface area contributed by atoms with Crippen LogP contribution < -0.4 is 10.5 Å². The molecule has 0 heterocycles. The molecule has 0 saturated carbocycles. The van der Waals surface area contributed by atoms with Crippen molar-refractivity contribution in [2.45, 2.75) is 11.8 Å². The van der Waals surface area contributed by atoms with E-state index in [-0.39, 0.29) is 22.9 Å². The molecule has 0 aliphatic carbocycles. The van der Waals surface area contributed by atoms with Crippen molar-refractivity contribution in [3.05, 3.63) is 30.1 Å². The molecule has 0 atom stereocenters. The van der Waals surface area contributed by atoms with Crippen molar-refractivity contribution in [1.82, 2.24) is 4.31 Å². The predicted octanol–water partition coefficient (Wildman–Crippen LogP) is 1.61. The molecule has 2 N–H and O–H groups in total. The smallest absolute Gasteiger partial charge is 0.243 e. The maximum absolute atomic E-state index is 13.7. The SMILES string of the molecule is C=C(C)CN(C)S(=O)(=O)c1cc(N)c(OC)c(F)c1. The molecule has 0 amide bonds. The highest BCUT2D eigenvalue weighted by Gasteiger charge is 2.23. The van der Waals surface area contributed by atoms with E-state index in [0.29, 0.717) is 5.57 Å². The van der Waals surface area contributed by atoms with Crippen molar-refractivity contribution in [3.8, 4) is 5.75 Å². The standard InChI is InChI=1S/C12H17FN2O3S/c1-8(2)7-15(3)19(16,17)9-5-10(13)12(18-4)11(14)6-9/h5-6H,1,7,14H2,2-4H3. The molecule has 0 bridgehead atoms. The van der Waals surface area contributed by atoms with E-state index >= 15 is 0 Å². The molecule has 1 rings (SSSR count). The van der Waals surface area contributed by atoms with E-state index in [1.165, 1.54) is 20.2 Å². The Hall–Kier alpha value is -1.60. The minimum Gasteiger partial charge on any atom is -0.492 e. The van der Waals surface area contributed by atoms with Crippen LogP contribution in [-0.4, -0.2) is 33.4 Å².